The normalized spacial score (nSPS) is 11.8. The first-order valence-electron chi connectivity index (χ1n) is 8.87. The second-order valence-electron chi connectivity index (χ2n) is 6.39. The molecule has 0 aliphatic heterocycles. The van der Waals surface area contributed by atoms with E-state index in [9.17, 15) is 5.11 Å². The van der Waals surface area contributed by atoms with Crippen LogP contribution in [0.5, 0.6) is 0 Å². The van der Waals surface area contributed by atoms with Crippen LogP contribution in [0.25, 0.3) is 10.9 Å². The number of nitrogens with zero attached hydrogens (tertiary/aromatic N) is 1. The minimum Gasteiger partial charge on any atom is -0.392 e. The smallest absolute Gasteiger partial charge is 0.0681 e. The highest BCUT2D eigenvalue weighted by molar-refractivity contribution is 5.83. The maximum absolute atomic E-state index is 9.34. The van der Waals surface area contributed by atoms with Gasteiger partial charge in [0.05, 0.1) is 6.61 Å². The molecule has 2 N–H and O–H groups in total. The molecule has 0 atom stereocenters. The maximum atomic E-state index is 9.34. The molecule has 0 saturated heterocycles. The number of allylic oxidation sites excluding steroid dienone is 1. The Labute approximate surface area is 149 Å². The van der Waals surface area contributed by atoms with Crippen LogP contribution in [0.3, 0.4) is 0 Å². The number of aliphatic hydroxyl groups excluding tert-OH is 1. The molecule has 0 amide bonds. The summed E-state index contributed by atoms with van der Waals surface area (Å²) < 4.78 is 0. The third-order valence-electron chi connectivity index (χ3n) is 4.55. The predicted molar refractivity (Wildman–Crippen MR) is 104 cm³/mol. The average molecular weight is 334 g/mol. The number of nitrogens with one attached hydrogen (secondary N) is 1. The van der Waals surface area contributed by atoms with Crippen molar-refractivity contribution in [2.45, 2.75) is 26.5 Å². The van der Waals surface area contributed by atoms with Gasteiger partial charge < -0.3 is 10.1 Å². The third kappa shape index (κ3) is 4.59. The number of aliphatic hydroxyl groups is 1. The van der Waals surface area contributed by atoms with Gasteiger partial charge in [0.2, 0.25) is 0 Å². The molecular weight excluding hydrogens is 308 g/mol. The van der Waals surface area contributed by atoms with Gasteiger partial charge in [-0.25, -0.2) is 0 Å². The number of aromatic amines is 1. The molecule has 3 heteroatoms. The lowest BCUT2D eigenvalue weighted by molar-refractivity contribution is 0.280. The largest absolute Gasteiger partial charge is 0.392 e. The lowest BCUT2D eigenvalue weighted by Crippen LogP contribution is -2.26. The van der Waals surface area contributed by atoms with Crippen LogP contribution in [0.15, 0.2) is 66.9 Å². The van der Waals surface area contributed by atoms with Crippen molar-refractivity contribution in [1.29, 1.82) is 0 Å². The van der Waals surface area contributed by atoms with Gasteiger partial charge in [0, 0.05) is 36.7 Å². The van der Waals surface area contributed by atoms with E-state index in [1.165, 1.54) is 22.0 Å². The fraction of sp³-hybridized carbons (Fsp3) is 0.273. The summed E-state index contributed by atoms with van der Waals surface area (Å²) in [7, 11) is 0. The van der Waals surface area contributed by atoms with E-state index in [0.717, 1.165) is 31.6 Å². The van der Waals surface area contributed by atoms with Crippen LogP contribution >= 0.6 is 0 Å². The zero-order valence-corrected chi connectivity index (χ0v) is 14.8. The summed E-state index contributed by atoms with van der Waals surface area (Å²) in [5, 5.41) is 10.7. The van der Waals surface area contributed by atoms with Crippen molar-refractivity contribution >= 4 is 10.9 Å². The van der Waals surface area contributed by atoms with E-state index in [0.29, 0.717) is 0 Å². The molecule has 1 heterocycles. The second kappa shape index (κ2) is 8.65. The van der Waals surface area contributed by atoms with Gasteiger partial charge in [0.15, 0.2) is 0 Å². The summed E-state index contributed by atoms with van der Waals surface area (Å²) in [5.74, 6) is 0. The Balaban J connectivity index is 1.70. The van der Waals surface area contributed by atoms with Crippen molar-refractivity contribution in [1.82, 2.24) is 9.88 Å². The Morgan fingerprint density at radius 3 is 2.76 bits per heavy atom. The zero-order valence-electron chi connectivity index (χ0n) is 14.8. The van der Waals surface area contributed by atoms with Crippen LogP contribution < -0.4 is 0 Å². The Morgan fingerprint density at radius 2 is 1.92 bits per heavy atom. The monoisotopic (exact) mass is 334 g/mol. The number of aromatic nitrogens is 1. The summed E-state index contributed by atoms with van der Waals surface area (Å²) in [6.45, 7) is 4.97. The minimum atomic E-state index is 0.0953. The highest BCUT2D eigenvalue weighted by Gasteiger charge is 2.08. The fourth-order valence-corrected chi connectivity index (χ4v) is 3.19. The molecular formula is C22H26N2O. The minimum absolute atomic E-state index is 0.0953. The van der Waals surface area contributed by atoms with Crippen LogP contribution in [-0.2, 0) is 19.6 Å². The predicted octanol–water partition coefficient (Wildman–Crippen LogP) is 4.28. The molecule has 0 bridgehead atoms. The van der Waals surface area contributed by atoms with Gasteiger partial charge in [0.1, 0.15) is 0 Å². The third-order valence-corrected chi connectivity index (χ3v) is 4.55. The number of rotatable bonds is 8. The van der Waals surface area contributed by atoms with Crippen molar-refractivity contribution < 1.29 is 5.11 Å². The number of fused-ring (bicyclic) bond motifs is 1. The molecule has 0 aliphatic carbocycles. The number of hydrogen-bond acceptors (Lipinski definition) is 2. The van der Waals surface area contributed by atoms with Gasteiger partial charge >= 0.3 is 0 Å². The lowest BCUT2D eigenvalue weighted by Gasteiger charge is -2.21. The Morgan fingerprint density at radius 1 is 1.08 bits per heavy atom. The van der Waals surface area contributed by atoms with Gasteiger partial charge in [-0.05, 0) is 36.1 Å². The first-order valence-corrected chi connectivity index (χ1v) is 8.87. The van der Waals surface area contributed by atoms with Crippen molar-refractivity contribution in [3.63, 3.8) is 0 Å². The number of para-hydroxylation sites is 1. The van der Waals surface area contributed by atoms with Crippen molar-refractivity contribution in [3.05, 3.63) is 83.6 Å². The van der Waals surface area contributed by atoms with Crippen molar-refractivity contribution in [3.8, 4) is 0 Å². The molecule has 3 rings (SSSR count). The summed E-state index contributed by atoms with van der Waals surface area (Å²) in [4.78, 5) is 5.80. The first kappa shape index (κ1) is 17.5. The molecule has 0 radical (unpaired) electrons. The standard InChI is InChI=1S/C22H26N2O/c1-2-3-12-24(16-18-7-6-8-19(14-18)17-25)13-11-20-15-23-22-10-5-4-9-21(20)22/h2-10,14-15,23,25H,11-13,16-17H2,1H3/b3-2+. The fourth-order valence-electron chi connectivity index (χ4n) is 3.19. The highest BCUT2D eigenvalue weighted by atomic mass is 16.3. The van der Waals surface area contributed by atoms with E-state index in [4.69, 9.17) is 0 Å². The van der Waals surface area contributed by atoms with E-state index in [2.05, 4.69) is 71.6 Å². The molecule has 25 heavy (non-hydrogen) atoms. The molecule has 0 spiro atoms. The summed E-state index contributed by atoms with van der Waals surface area (Å²) in [5.41, 5.74) is 4.79. The maximum Gasteiger partial charge on any atom is 0.0681 e. The van der Waals surface area contributed by atoms with E-state index in [1.807, 2.05) is 12.1 Å². The number of benzene rings is 2. The van der Waals surface area contributed by atoms with Gasteiger partial charge in [-0.2, -0.15) is 0 Å². The molecule has 3 aromatic rings. The van der Waals surface area contributed by atoms with Gasteiger partial charge in [-0.3, -0.25) is 4.90 Å². The Kier molecular flexibility index (Phi) is 6.04. The molecule has 3 nitrogen and oxygen atoms in total. The van der Waals surface area contributed by atoms with Gasteiger partial charge in [-0.15, -0.1) is 0 Å². The van der Waals surface area contributed by atoms with E-state index in [-0.39, 0.29) is 6.61 Å². The molecule has 130 valence electrons. The van der Waals surface area contributed by atoms with E-state index >= 15 is 0 Å². The molecule has 2 aromatic carbocycles. The summed E-state index contributed by atoms with van der Waals surface area (Å²) >= 11 is 0. The van der Waals surface area contributed by atoms with Crippen LogP contribution in [0.4, 0.5) is 0 Å². The number of H-pyrrole nitrogens is 1. The SMILES string of the molecule is C/C=C/CN(CCc1c[nH]c2ccccc12)Cc1cccc(CO)c1. The molecule has 0 aliphatic rings. The van der Waals surface area contributed by atoms with E-state index < -0.39 is 0 Å². The molecule has 0 unspecified atom stereocenters. The van der Waals surface area contributed by atoms with Gasteiger partial charge in [-0.1, -0.05) is 54.6 Å². The van der Waals surface area contributed by atoms with Crippen LogP contribution in [0.2, 0.25) is 0 Å². The van der Waals surface area contributed by atoms with Crippen molar-refractivity contribution in [2.24, 2.45) is 0 Å². The first-order chi connectivity index (χ1) is 12.3. The molecule has 0 fully saturated rings. The second-order valence-corrected chi connectivity index (χ2v) is 6.39. The van der Waals surface area contributed by atoms with Gasteiger partial charge in [0.25, 0.3) is 0 Å². The molecule has 0 saturated carbocycles. The van der Waals surface area contributed by atoms with Crippen LogP contribution in [-0.4, -0.2) is 28.1 Å². The topological polar surface area (TPSA) is 39.3 Å². The highest BCUT2D eigenvalue weighted by Crippen LogP contribution is 2.19. The summed E-state index contributed by atoms with van der Waals surface area (Å²) in [6.07, 6.45) is 7.44. The Bertz CT molecular complexity index is 835. The summed E-state index contributed by atoms with van der Waals surface area (Å²) in [6, 6.07) is 16.7. The van der Waals surface area contributed by atoms with Crippen molar-refractivity contribution in [2.75, 3.05) is 13.1 Å². The molecule has 1 aromatic heterocycles. The zero-order chi connectivity index (χ0) is 17.5. The van der Waals surface area contributed by atoms with E-state index in [1.54, 1.807) is 0 Å². The Hall–Kier alpha value is -2.36. The number of hydrogen-bond donors (Lipinski definition) is 2. The van der Waals surface area contributed by atoms with Crippen LogP contribution in [0, 0.1) is 0 Å². The van der Waals surface area contributed by atoms with Crippen LogP contribution in [0.1, 0.15) is 23.6 Å². The lowest BCUT2D eigenvalue weighted by atomic mass is 10.1. The average Bonchev–Trinajstić information content (AvgIpc) is 3.07. The quantitative estimate of drug-likeness (QED) is 0.604.